The molecule has 2 heterocycles. The molecule has 0 unspecified atom stereocenters. The minimum Gasteiger partial charge on any atom is -0.367 e. The molecule has 158 valence electrons. The third kappa shape index (κ3) is 6.19. The first kappa shape index (κ1) is 23.7. The molecule has 0 spiro atoms. The molecule has 2 N–H and O–H groups in total. The fourth-order valence-corrected chi connectivity index (χ4v) is 4.12. The Balaban J connectivity index is 0.00000300. The van der Waals surface area contributed by atoms with E-state index in [4.69, 9.17) is 11.6 Å². The van der Waals surface area contributed by atoms with Crippen LogP contribution in [0.5, 0.6) is 0 Å². The first-order chi connectivity index (χ1) is 13.6. The molecular weight excluding hydrogens is 523 g/mol. The van der Waals surface area contributed by atoms with Crippen LogP contribution >= 0.6 is 46.9 Å². The zero-order valence-corrected chi connectivity index (χ0v) is 20.4. The molecule has 29 heavy (non-hydrogen) atoms. The highest BCUT2D eigenvalue weighted by molar-refractivity contribution is 14.0. The number of nitrogens with zero attached hydrogens (tertiary/aromatic N) is 4. The Bertz CT molecular complexity index is 838. The fraction of sp³-hybridized carbons (Fsp3) is 0.421. The number of aliphatic imine (C=N–C) groups is 1. The number of aromatic nitrogens is 1. The van der Waals surface area contributed by atoms with Crippen molar-refractivity contribution in [2.24, 2.45) is 4.99 Å². The number of amides is 1. The number of carbonyl (C=O) groups excluding carboxylic acids is 1. The Hall–Kier alpha value is -1.59. The minimum absolute atomic E-state index is 0. The minimum atomic E-state index is -0.0786. The van der Waals surface area contributed by atoms with E-state index < -0.39 is 0 Å². The van der Waals surface area contributed by atoms with Gasteiger partial charge in [-0.15, -0.1) is 35.3 Å². The molecule has 1 amide bonds. The number of thiazole rings is 1. The topological polar surface area (TPSA) is 72.9 Å². The summed E-state index contributed by atoms with van der Waals surface area (Å²) in [6.45, 7) is 6.45. The lowest BCUT2D eigenvalue weighted by Gasteiger charge is -2.38. The number of halogens is 2. The molecule has 1 aliphatic rings. The maximum atomic E-state index is 12.1. The van der Waals surface area contributed by atoms with Gasteiger partial charge in [0.25, 0.3) is 5.91 Å². The summed E-state index contributed by atoms with van der Waals surface area (Å²) in [5.41, 5.74) is 3.53. The number of para-hydroxylation sites is 1. The number of anilines is 1. The molecule has 0 atom stereocenters. The molecule has 0 radical (unpaired) electrons. The Kier molecular flexibility index (Phi) is 9.44. The Labute approximate surface area is 197 Å². The average Bonchev–Trinajstić information content (AvgIpc) is 3.15. The number of aryl methyl sites for hydroxylation is 1. The normalized spacial score (nSPS) is 14.4. The Morgan fingerprint density at radius 3 is 2.52 bits per heavy atom. The highest BCUT2D eigenvalue weighted by atomic mass is 127. The molecule has 1 aromatic heterocycles. The predicted molar refractivity (Wildman–Crippen MR) is 131 cm³/mol. The summed E-state index contributed by atoms with van der Waals surface area (Å²) in [5.74, 6) is 0.771. The largest absolute Gasteiger partial charge is 0.367 e. The van der Waals surface area contributed by atoms with E-state index in [-0.39, 0.29) is 29.9 Å². The second kappa shape index (κ2) is 11.6. The van der Waals surface area contributed by atoms with Crippen LogP contribution in [0.1, 0.15) is 15.4 Å². The molecule has 10 heteroatoms. The zero-order valence-electron chi connectivity index (χ0n) is 16.5. The van der Waals surface area contributed by atoms with Crippen molar-refractivity contribution in [3.05, 3.63) is 45.4 Å². The summed E-state index contributed by atoms with van der Waals surface area (Å²) in [6, 6.07) is 7.93. The van der Waals surface area contributed by atoms with Crippen LogP contribution in [0.4, 0.5) is 5.69 Å². The van der Waals surface area contributed by atoms with Gasteiger partial charge in [-0.25, -0.2) is 4.98 Å². The van der Waals surface area contributed by atoms with E-state index in [0.29, 0.717) is 18.0 Å². The summed E-state index contributed by atoms with van der Waals surface area (Å²) in [4.78, 5) is 25.8. The molecule has 1 fully saturated rings. The zero-order chi connectivity index (χ0) is 19.9. The van der Waals surface area contributed by atoms with Crippen molar-refractivity contribution in [2.75, 3.05) is 51.2 Å². The van der Waals surface area contributed by atoms with E-state index >= 15 is 0 Å². The molecule has 1 saturated heterocycles. The van der Waals surface area contributed by atoms with Gasteiger partial charge in [0, 0.05) is 46.3 Å². The summed E-state index contributed by atoms with van der Waals surface area (Å²) >= 11 is 7.67. The number of hydrogen-bond acceptors (Lipinski definition) is 5. The molecule has 0 bridgehead atoms. The van der Waals surface area contributed by atoms with Crippen LogP contribution in [0.2, 0.25) is 5.02 Å². The van der Waals surface area contributed by atoms with Crippen molar-refractivity contribution < 1.29 is 4.79 Å². The maximum absolute atomic E-state index is 12.1. The van der Waals surface area contributed by atoms with Crippen LogP contribution in [0.25, 0.3) is 0 Å². The number of piperazine rings is 1. The molecule has 0 aliphatic carbocycles. The summed E-state index contributed by atoms with van der Waals surface area (Å²) in [7, 11) is 1.78. The second-order valence-electron chi connectivity index (χ2n) is 6.42. The number of guanidine groups is 1. The predicted octanol–water partition coefficient (Wildman–Crippen LogP) is 2.85. The quantitative estimate of drug-likeness (QED) is 0.260. The molecule has 0 saturated carbocycles. The maximum Gasteiger partial charge on any atom is 0.263 e. The highest BCUT2D eigenvalue weighted by Crippen LogP contribution is 2.25. The van der Waals surface area contributed by atoms with Gasteiger partial charge in [-0.3, -0.25) is 9.79 Å². The fourth-order valence-electron chi connectivity index (χ4n) is 3.15. The molecule has 2 aromatic rings. The number of benzene rings is 1. The lowest BCUT2D eigenvalue weighted by molar-refractivity contribution is 0.0957. The van der Waals surface area contributed by atoms with Crippen molar-refractivity contribution in [1.29, 1.82) is 0 Å². The van der Waals surface area contributed by atoms with Crippen molar-refractivity contribution in [2.45, 2.75) is 6.92 Å². The summed E-state index contributed by atoms with van der Waals surface area (Å²) < 4.78 is 0. The molecular formula is C19H26ClIN6OS. The van der Waals surface area contributed by atoms with E-state index in [2.05, 4.69) is 36.5 Å². The van der Waals surface area contributed by atoms with Crippen LogP contribution < -0.4 is 15.5 Å². The van der Waals surface area contributed by atoms with Gasteiger partial charge in [0.15, 0.2) is 5.96 Å². The van der Waals surface area contributed by atoms with Crippen molar-refractivity contribution in [3.8, 4) is 0 Å². The van der Waals surface area contributed by atoms with E-state index in [0.717, 1.165) is 48.5 Å². The third-order valence-corrected chi connectivity index (χ3v) is 5.88. The van der Waals surface area contributed by atoms with Gasteiger partial charge in [0.1, 0.15) is 4.88 Å². The van der Waals surface area contributed by atoms with E-state index in [1.54, 1.807) is 12.6 Å². The summed E-state index contributed by atoms with van der Waals surface area (Å²) in [5, 5.41) is 7.02. The van der Waals surface area contributed by atoms with E-state index in [1.165, 1.54) is 11.3 Å². The summed E-state index contributed by atoms with van der Waals surface area (Å²) in [6.07, 6.45) is 0. The number of hydrogen-bond donors (Lipinski definition) is 2. The van der Waals surface area contributed by atoms with Crippen LogP contribution in [0, 0.1) is 6.92 Å². The van der Waals surface area contributed by atoms with Crippen molar-refractivity contribution >= 4 is 64.5 Å². The molecule has 1 aromatic carbocycles. The van der Waals surface area contributed by atoms with Crippen molar-refractivity contribution in [1.82, 2.24) is 20.5 Å². The van der Waals surface area contributed by atoms with Gasteiger partial charge in [-0.2, -0.15) is 0 Å². The highest BCUT2D eigenvalue weighted by Gasteiger charge is 2.21. The lowest BCUT2D eigenvalue weighted by Crippen LogP contribution is -2.53. The van der Waals surface area contributed by atoms with Crippen molar-refractivity contribution in [3.63, 3.8) is 0 Å². The Morgan fingerprint density at radius 2 is 1.90 bits per heavy atom. The Morgan fingerprint density at radius 1 is 1.21 bits per heavy atom. The van der Waals surface area contributed by atoms with Crippen LogP contribution in [0.3, 0.4) is 0 Å². The number of carbonyl (C=O) groups is 1. The SMILES string of the molecule is CN=C(NCCNC(=O)c1scnc1C)N1CCN(c2ccccc2Cl)CC1.I. The van der Waals surface area contributed by atoms with Crippen LogP contribution in [-0.2, 0) is 0 Å². The monoisotopic (exact) mass is 548 g/mol. The van der Waals surface area contributed by atoms with E-state index in [9.17, 15) is 4.79 Å². The standard InChI is InChI=1S/C19H25ClN6OS.HI/c1-14-17(28-13-24-14)18(27)22-7-8-23-19(21-2)26-11-9-25(10-12-26)16-6-4-3-5-15(16)20;/h3-6,13H,7-12H2,1-2H3,(H,21,23)(H,22,27);1H. The second-order valence-corrected chi connectivity index (χ2v) is 7.68. The average molecular weight is 549 g/mol. The van der Waals surface area contributed by atoms with Gasteiger partial charge in [-0.1, -0.05) is 23.7 Å². The smallest absolute Gasteiger partial charge is 0.263 e. The van der Waals surface area contributed by atoms with Gasteiger partial charge < -0.3 is 20.4 Å². The first-order valence-electron chi connectivity index (χ1n) is 9.23. The molecule has 3 rings (SSSR count). The molecule has 1 aliphatic heterocycles. The third-order valence-electron chi connectivity index (χ3n) is 4.63. The van der Waals surface area contributed by atoms with Gasteiger partial charge in [-0.05, 0) is 19.1 Å². The molecule has 7 nitrogen and oxygen atoms in total. The first-order valence-corrected chi connectivity index (χ1v) is 10.5. The van der Waals surface area contributed by atoms with Crippen LogP contribution in [-0.4, -0.2) is 68.1 Å². The van der Waals surface area contributed by atoms with Gasteiger partial charge >= 0.3 is 0 Å². The number of nitrogens with one attached hydrogen (secondary N) is 2. The number of rotatable bonds is 5. The van der Waals surface area contributed by atoms with Gasteiger partial charge in [0.05, 0.1) is 21.9 Å². The van der Waals surface area contributed by atoms with Gasteiger partial charge in [0.2, 0.25) is 0 Å². The van der Waals surface area contributed by atoms with Crippen LogP contribution in [0.15, 0.2) is 34.8 Å². The van der Waals surface area contributed by atoms with E-state index in [1.807, 2.05) is 25.1 Å². The lowest BCUT2D eigenvalue weighted by atomic mass is 10.2.